The monoisotopic (exact) mass is 335 g/mol. The summed E-state index contributed by atoms with van der Waals surface area (Å²) < 4.78 is 17.2. The van der Waals surface area contributed by atoms with Crippen LogP contribution in [0.25, 0.3) is 0 Å². The molecule has 0 spiro atoms. The third-order valence-corrected chi connectivity index (χ3v) is 3.67. The van der Waals surface area contributed by atoms with Crippen molar-refractivity contribution in [3.8, 4) is 11.5 Å². The van der Waals surface area contributed by atoms with Crippen molar-refractivity contribution in [3.05, 3.63) is 23.8 Å². The molecule has 1 heterocycles. The zero-order chi connectivity index (χ0) is 17.4. The van der Waals surface area contributed by atoms with Crippen LogP contribution in [-0.4, -0.2) is 51.5 Å². The van der Waals surface area contributed by atoms with Crippen LogP contribution in [0.1, 0.15) is 26.3 Å². The van der Waals surface area contributed by atoms with Crippen molar-refractivity contribution in [1.82, 2.24) is 10.6 Å². The van der Waals surface area contributed by atoms with Crippen LogP contribution in [0.15, 0.2) is 23.2 Å². The van der Waals surface area contributed by atoms with Gasteiger partial charge in [0, 0.05) is 32.2 Å². The molecule has 134 valence electrons. The van der Waals surface area contributed by atoms with Crippen molar-refractivity contribution < 1.29 is 14.2 Å². The van der Waals surface area contributed by atoms with Gasteiger partial charge in [0.2, 0.25) is 0 Å². The van der Waals surface area contributed by atoms with Crippen molar-refractivity contribution in [1.29, 1.82) is 0 Å². The number of benzene rings is 1. The third kappa shape index (κ3) is 5.30. The summed E-state index contributed by atoms with van der Waals surface area (Å²) in [4.78, 5) is 4.17. The first-order valence-electron chi connectivity index (χ1n) is 8.51. The van der Waals surface area contributed by atoms with Crippen LogP contribution in [0, 0.1) is 0 Å². The molecule has 6 nitrogen and oxygen atoms in total. The highest BCUT2D eigenvalue weighted by molar-refractivity contribution is 5.79. The first kappa shape index (κ1) is 18.4. The number of nitrogens with zero attached hydrogens (tertiary/aromatic N) is 1. The zero-order valence-corrected chi connectivity index (χ0v) is 15.1. The highest BCUT2D eigenvalue weighted by Crippen LogP contribution is 2.41. The molecule has 0 bridgehead atoms. The average molecular weight is 335 g/mol. The maximum absolute atomic E-state index is 6.01. The molecule has 0 saturated carbocycles. The Bertz CT molecular complexity index is 558. The second-order valence-electron chi connectivity index (χ2n) is 6.25. The molecule has 2 N–H and O–H groups in total. The number of ether oxygens (including phenoxy) is 3. The Morgan fingerprint density at radius 1 is 1.25 bits per heavy atom. The second kappa shape index (κ2) is 8.78. The van der Waals surface area contributed by atoms with Gasteiger partial charge in [-0.15, -0.1) is 0 Å². The predicted octanol–water partition coefficient (Wildman–Crippen LogP) is 1.98. The van der Waals surface area contributed by atoms with E-state index in [1.165, 1.54) is 5.56 Å². The number of aliphatic imine (C=N–C) groups is 1. The van der Waals surface area contributed by atoms with Gasteiger partial charge in [0.05, 0.1) is 13.2 Å². The molecule has 0 fully saturated rings. The summed E-state index contributed by atoms with van der Waals surface area (Å²) in [5.74, 6) is 2.43. The smallest absolute Gasteiger partial charge is 0.191 e. The van der Waals surface area contributed by atoms with Crippen LogP contribution >= 0.6 is 0 Å². The number of para-hydroxylation sites is 1. The van der Waals surface area contributed by atoms with E-state index in [4.69, 9.17) is 14.2 Å². The number of hydrogen-bond donors (Lipinski definition) is 2. The molecule has 0 saturated heterocycles. The molecule has 0 aromatic heterocycles. The molecule has 24 heavy (non-hydrogen) atoms. The van der Waals surface area contributed by atoms with Crippen molar-refractivity contribution >= 4 is 5.96 Å². The van der Waals surface area contributed by atoms with Crippen LogP contribution in [-0.2, 0) is 11.2 Å². The van der Waals surface area contributed by atoms with Gasteiger partial charge in [-0.3, -0.25) is 4.99 Å². The third-order valence-electron chi connectivity index (χ3n) is 3.67. The molecule has 0 atom stereocenters. The lowest BCUT2D eigenvalue weighted by molar-refractivity contribution is 0.132. The van der Waals surface area contributed by atoms with Crippen molar-refractivity contribution in [3.63, 3.8) is 0 Å². The highest BCUT2D eigenvalue weighted by Gasteiger charge is 2.32. The molecule has 2 rings (SSSR count). The summed E-state index contributed by atoms with van der Waals surface area (Å²) in [5.41, 5.74) is 1.05. The van der Waals surface area contributed by atoms with E-state index in [2.05, 4.69) is 35.5 Å². The first-order chi connectivity index (χ1) is 11.6. The second-order valence-corrected chi connectivity index (χ2v) is 6.25. The number of nitrogens with one attached hydrogen (secondary N) is 2. The molecule has 0 unspecified atom stereocenters. The lowest BCUT2D eigenvalue weighted by atomic mass is 10.0. The normalized spacial score (nSPS) is 15.6. The SMILES string of the molecule is CCOCCNC(=NC)NCCOc1cccc2c1OC(C)(C)C2. The Balaban J connectivity index is 1.74. The average Bonchev–Trinajstić information content (AvgIpc) is 2.88. The van der Waals surface area contributed by atoms with Gasteiger partial charge in [-0.1, -0.05) is 12.1 Å². The fourth-order valence-electron chi connectivity index (χ4n) is 2.64. The molecule has 6 heteroatoms. The molecular formula is C18H29N3O3. The van der Waals surface area contributed by atoms with E-state index in [0.717, 1.165) is 37.0 Å². The lowest BCUT2D eigenvalue weighted by Gasteiger charge is -2.18. The molecular weight excluding hydrogens is 306 g/mol. The molecule has 1 aliphatic heterocycles. The van der Waals surface area contributed by atoms with E-state index in [1.54, 1.807) is 7.05 Å². The molecule has 0 amide bonds. The summed E-state index contributed by atoms with van der Waals surface area (Å²) in [7, 11) is 1.75. The summed E-state index contributed by atoms with van der Waals surface area (Å²) in [6.07, 6.45) is 0.911. The maximum atomic E-state index is 6.01. The van der Waals surface area contributed by atoms with Gasteiger partial charge in [-0.2, -0.15) is 0 Å². The van der Waals surface area contributed by atoms with E-state index in [1.807, 2.05) is 19.1 Å². The Hall–Kier alpha value is -1.95. The molecule has 1 aliphatic rings. The first-order valence-corrected chi connectivity index (χ1v) is 8.51. The standard InChI is InChI=1S/C18H29N3O3/c1-5-22-11-9-20-17(19-4)21-10-12-23-15-8-6-7-14-13-18(2,3)24-16(14)15/h6-8H,5,9-13H2,1-4H3,(H2,19,20,21). The minimum atomic E-state index is -0.160. The largest absolute Gasteiger partial charge is 0.488 e. The Morgan fingerprint density at radius 2 is 2.00 bits per heavy atom. The minimum Gasteiger partial charge on any atom is -0.488 e. The van der Waals surface area contributed by atoms with Crippen molar-refractivity contribution in [2.45, 2.75) is 32.8 Å². The van der Waals surface area contributed by atoms with Gasteiger partial charge in [-0.25, -0.2) is 0 Å². The molecule has 0 radical (unpaired) electrons. The summed E-state index contributed by atoms with van der Waals surface area (Å²) in [6.45, 7) is 9.47. The van der Waals surface area contributed by atoms with Gasteiger partial charge < -0.3 is 24.8 Å². The van der Waals surface area contributed by atoms with Gasteiger partial charge in [0.1, 0.15) is 12.2 Å². The van der Waals surface area contributed by atoms with Gasteiger partial charge in [-0.05, 0) is 26.8 Å². The molecule has 1 aromatic carbocycles. The Labute approximate surface area is 144 Å². The summed E-state index contributed by atoms with van der Waals surface area (Å²) in [5, 5.41) is 6.41. The van der Waals surface area contributed by atoms with E-state index in [-0.39, 0.29) is 5.60 Å². The quantitative estimate of drug-likeness (QED) is 0.432. The molecule has 0 aliphatic carbocycles. The van der Waals surface area contributed by atoms with E-state index < -0.39 is 0 Å². The fourth-order valence-corrected chi connectivity index (χ4v) is 2.64. The summed E-state index contributed by atoms with van der Waals surface area (Å²) in [6, 6.07) is 6.06. The molecule has 1 aromatic rings. The van der Waals surface area contributed by atoms with Gasteiger partial charge in [0.15, 0.2) is 17.5 Å². The maximum Gasteiger partial charge on any atom is 0.191 e. The number of guanidine groups is 1. The van der Waals surface area contributed by atoms with Crippen LogP contribution in [0.5, 0.6) is 11.5 Å². The van der Waals surface area contributed by atoms with E-state index in [9.17, 15) is 0 Å². The van der Waals surface area contributed by atoms with E-state index in [0.29, 0.717) is 19.8 Å². The number of hydrogen-bond acceptors (Lipinski definition) is 4. The minimum absolute atomic E-state index is 0.160. The van der Waals surface area contributed by atoms with Crippen LogP contribution in [0.2, 0.25) is 0 Å². The van der Waals surface area contributed by atoms with Crippen molar-refractivity contribution in [2.75, 3.05) is 40.0 Å². The summed E-state index contributed by atoms with van der Waals surface area (Å²) >= 11 is 0. The van der Waals surface area contributed by atoms with Gasteiger partial charge in [0.25, 0.3) is 0 Å². The number of fused-ring (bicyclic) bond motifs is 1. The highest BCUT2D eigenvalue weighted by atomic mass is 16.5. The topological polar surface area (TPSA) is 64.1 Å². The van der Waals surface area contributed by atoms with Crippen LogP contribution in [0.3, 0.4) is 0 Å². The lowest BCUT2D eigenvalue weighted by Crippen LogP contribution is -2.40. The van der Waals surface area contributed by atoms with Crippen LogP contribution in [0.4, 0.5) is 0 Å². The van der Waals surface area contributed by atoms with Crippen molar-refractivity contribution in [2.24, 2.45) is 4.99 Å². The zero-order valence-electron chi connectivity index (χ0n) is 15.1. The van der Waals surface area contributed by atoms with E-state index >= 15 is 0 Å². The predicted molar refractivity (Wildman–Crippen MR) is 96.2 cm³/mol. The van der Waals surface area contributed by atoms with Gasteiger partial charge >= 0.3 is 0 Å². The number of rotatable bonds is 8. The fraction of sp³-hybridized carbons (Fsp3) is 0.611. The Kier molecular flexibility index (Phi) is 6.73. The van der Waals surface area contributed by atoms with Crippen LogP contribution < -0.4 is 20.1 Å². The Morgan fingerprint density at radius 3 is 2.71 bits per heavy atom.